The minimum absolute atomic E-state index is 0.206. The first-order valence-corrected chi connectivity index (χ1v) is 11.8. The zero-order valence-corrected chi connectivity index (χ0v) is 20.1. The number of carbonyl (C=O) groups is 1. The lowest BCUT2D eigenvalue weighted by atomic mass is 9.97. The van der Waals surface area contributed by atoms with Crippen LogP contribution >= 0.6 is 0 Å². The van der Waals surface area contributed by atoms with E-state index in [-0.39, 0.29) is 11.7 Å². The number of fused-ring (bicyclic) bond motifs is 3. The standard InChI is InChI=1S/C26H31N5O4/c1-34-22-15-18-11-14-31-21(20(18)16-23(22)35-2)17-24(30-26(31)33)27-12-7-4-8-13-28-25(32)29-19-9-5-3-6-10-19/h3,5-6,9-10,15-17H,4,7-8,11-14H2,1-2H3,(H,27,30,33)(H2,28,29,32). The number of amides is 2. The van der Waals surface area contributed by atoms with Gasteiger partial charge in [-0.2, -0.15) is 4.98 Å². The summed E-state index contributed by atoms with van der Waals surface area (Å²) in [6, 6.07) is 15.0. The summed E-state index contributed by atoms with van der Waals surface area (Å²) in [4.78, 5) is 28.8. The van der Waals surface area contributed by atoms with Crippen LogP contribution in [0.5, 0.6) is 11.5 Å². The highest BCUT2D eigenvalue weighted by Crippen LogP contribution is 2.38. The Hall–Kier alpha value is -4.01. The van der Waals surface area contributed by atoms with Crippen molar-refractivity contribution < 1.29 is 14.3 Å². The van der Waals surface area contributed by atoms with E-state index in [1.807, 2.05) is 48.5 Å². The molecule has 0 saturated heterocycles. The first kappa shape index (κ1) is 24.1. The van der Waals surface area contributed by atoms with Crippen LogP contribution < -0.4 is 31.1 Å². The Bertz CT molecular complexity index is 1230. The van der Waals surface area contributed by atoms with Gasteiger partial charge in [0.1, 0.15) is 5.82 Å². The molecule has 0 radical (unpaired) electrons. The Morgan fingerprint density at radius 3 is 2.51 bits per heavy atom. The van der Waals surface area contributed by atoms with Gasteiger partial charge in [0.2, 0.25) is 0 Å². The fourth-order valence-electron chi connectivity index (χ4n) is 4.18. The quantitative estimate of drug-likeness (QED) is 0.383. The van der Waals surface area contributed by atoms with E-state index < -0.39 is 0 Å². The molecule has 184 valence electrons. The van der Waals surface area contributed by atoms with Crippen LogP contribution in [-0.4, -0.2) is 42.9 Å². The van der Waals surface area contributed by atoms with Crippen LogP contribution in [0.15, 0.2) is 53.3 Å². The maximum Gasteiger partial charge on any atom is 0.349 e. The number of para-hydroxylation sites is 1. The van der Waals surface area contributed by atoms with Crippen LogP contribution in [0, 0.1) is 0 Å². The zero-order valence-electron chi connectivity index (χ0n) is 20.1. The van der Waals surface area contributed by atoms with Crippen molar-refractivity contribution >= 4 is 17.5 Å². The van der Waals surface area contributed by atoms with Gasteiger partial charge >= 0.3 is 11.7 Å². The van der Waals surface area contributed by atoms with Crippen molar-refractivity contribution in [1.29, 1.82) is 0 Å². The first-order valence-electron chi connectivity index (χ1n) is 11.8. The number of hydrogen-bond acceptors (Lipinski definition) is 6. The van der Waals surface area contributed by atoms with E-state index in [4.69, 9.17) is 9.47 Å². The number of carbonyl (C=O) groups excluding carboxylic acids is 1. The van der Waals surface area contributed by atoms with Gasteiger partial charge in [-0.3, -0.25) is 4.57 Å². The minimum atomic E-state index is -0.265. The van der Waals surface area contributed by atoms with Crippen molar-refractivity contribution in [3.05, 3.63) is 64.6 Å². The average molecular weight is 478 g/mol. The van der Waals surface area contributed by atoms with Gasteiger partial charge in [0.25, 0.3) is 0 Å². The summed E-state index contributed by atoms with van der Waals surface area (Å²) in [6.07, 6.45) is 3.42. The summed E-state index contributed by atoms with van der Waals surface area (Å²) < 4.78 is 12.6. The molecular weight excluding hydrogens is 446 g/mol. The fraction of sp³-hybridized carbons (Fsp3) is 0.346. The molecule has 1 aliphatic rings. The molecule has 35 heavy (non-hydrogen) atoms. The van der Waals surface area contributed by atoms with Crippen LogP contribution in [-0.2, 0) is 13.0 Å². The largest absolute Gasteiger partial charge is 0.493 e. The summed E-state index contributed by atoms with van der Waals surface area (Å²) in [5.41, 5.74) is 3.39. The normalized spacial score (nSPS) is 11.7. The summed E-state index contributed by atoms with van der Waals surface area (Å²) in [5, 5.41) is 8.93. The van der Waals surface area contributed by atoms with Crippen molar-refractivity contribution in [2.24, 2.45) is 0 Å². The number of methoxy groups -OCH3 is 2. The van der Waals surface area contributed by atoms with E-state index in [1.54, 1.807) is 18.8 Å². The molecule has 0 spiro atoms. The van der Waals surface area contributed by atoms with Crippen LogP contribution in [0.1, 0.15) is 24.8 Å². The molecule has 9 heteroatoms. The molecule has 9 nitrogen and oxygen atoms in total. The van der Waals surface area contributed by atoms with E-state index in [1.165, 1.54) is 0 Å². The number of hydrogen-bond donors (Lipinski definition) is 3. The lowest BCUT2D eigenvalue weighted by Crippen LogP contribution is -2.29. The number of nitrogens with zero attached hydrogens (tertiary/aromatic N) is 2. The van der Waals surface area contributed by atoms with E-state index in [9.17, 15) is 9.59 Å². The number of urea groups is 1. The second-order valence-electron chi connectivity index (χ2n) is 8.31. The predicted octanol–water partition coefficient (Wildman–Crippen LogP) is 3.89. The minimum Gasteiger partial charge on any atom is -0.493 e. The second-order valence-corrected chi connectivity index (χ2v) is 8.31. The predicted molar refractivity (Wildman–Crippen MR) is 137 cm³/mol. The number of aromatic nitrogens is 2. The van der Waals surface area contributed by atoms with Gasteiger partial charge in [-0.15, -0.1) is 0 Å². The summed E-state index contributed by atoms with van der Waals surface area (Å²) in [7, 11) is 3.22. The maximum absolute atomic E-state index is 12.7. The molecular formula is C26H31N5O4. The molecule has 0 aliphatic carbocycles. The molecule has 0 unspecified atom stereocenters. The van der Waals surface area contributed by atoms with Crippen LogP contribution in [0.25, 0.3) is 11.3 Å². The average Bonchev–Trinajstić information content (AvgIpc) is 2.87. The van der Waals surface area contributed by atoms with Crippen molar-refractivity contribution in [2.75, 3.05) is 37.9 Å². The third-order valence-electron chi connectivity index (χ3n) is 5.98. The molecule has 4 rings (SSSR count). The topological polar surface area (TPSA) is 107 Å². The number of nitrogens with one attached hydrogen (secondary N) is 3. The van der Waals surface area contributed by atoms with Gasteiger partial charge in [0.15, 0.2) is 11.5 Å². The molecule has 0 atom stereocenters. The Labute approximate surface area is 204 Å². The SMILES string of the molecule is COc1cc2c(cc1OC)-c1cc(NCCCCCNC(=O)Nc3ccccc3)nc(=O)n1CC2. The van der Waals surface area contributed by atoms with Crippen LogP contribution in [0.4, 0.5) is 16.3 Å². The number of rotatable bonds is 10. The molecule has 0 bridgehead atoms. The molecule has 2 heterocycles. The Balaban J connectivity index is 1.28. The molecule has 3 N–H and O–H groups in total. The van der Waals surface area contributed by atoms with Crippen LogP contribution in [0.3, 0.4) is 0 Å². The van der Waals surface area contributed by atoms with Crippen molar-refractivity contribution in [2.45, 2.75) is 32.2 Å². The van der Waals surface area contributed by atoms with Crippen LogP contribution in [0.2, 0.25) is 0 Å². The molecule has 1 aromatic heterocycles. The second kappa shape index (κ2) is 11.4. The summed E-state index contributed by atoms with van der Waals surface area (Å²) >= 11 is 0. The third-order valence-corrected chi connectivity index (χ3v) is 5.98. The highest BCUT2D eigenvalue weighted by Gasteiger charge is 2.21. The van der Waals surface area contributed by atoms with E-state index >= 15 is 0 Å². The zero-order chi connectivity index (χ0) is 24.6. The first-order chi connectivity index (χ1) is 17.1. The highest BCUT2D eigenvalue weighted by molar-refractivity contribution is 5.89. The van der Waals surface area contributed by atoms with Crippen molar-refractivity contribution in [3.63, 3.8) is 0 Å². The van der Waals surface area contributed by atoms with E-state index in [0.717, 1.165) is 48.2 Å². The number of unbranched alkanes of at least 4 members (excludes halogenated alkanes) is 2. The molecule has 1 aliphatic heterocycles. The van der Waals surface area contributed by atoms with Crippen molar-refractivity contribution in [1.82, 2.24) is 14.9 Å². The van der Waals surface area contributed by atoms with Gasteiger partial charge in [-0.05, 0) is 55.5 Å². The Kier molecular flexibility index (Phi) is 7.87. The lowest BCUT2D eigenvalue weighted by Gasteiger charge is -2.23. The maximum atomic E-state index is 12.7. The Morgan fingerprint density at radius 1 is 1.00 bits per heavy atom. The number of aryl methyl sites for hydroxylation is 1. The van der Waals surface area contributed by atoms with Crippen molar-refractivity contribution in [3.8, 4) is 22.8 Å². The third kappa shape index (κ3) is 5.92. The highest BCUT2D eigenvalue weighted by atomic mass is 16.5. The van der Waals surface area contributed by atoms with Gasteiger partial charge in [-0.25, -0.2) is 9.59 Å². The van der Waals surface area contributed by atoms with E-state index in [0.29, 0.717) is 37.0 Å². The molecule has 0 fully saturated rings. The molecule has 2 amide bonds. The number of anilines is 2. The van der Waals surface area contributed by atoms with Gasteiger partial charge in [0, 0.05) is 37.0 Å². The molecule has 3 aromatic rings. The lowest BCUT2D eigenvalue weighted by molar-refractivity contribution is 0.252. The summed E-state index contributed by atoms with van der Waals surface area (Å²) in [5.74, 6) is 1.87. The van der Waals surface area contributed by atoms with Gasteiger partial charge < -0.3 is 25.4 Å². The molecule has 2 aromatic carbocycles. The van der Waals surface area contributed by atoms with E-state index in [2.05, 4.69) is 20.9 Å². The monoisotopic (exact) mass is 477 g/mol. The van der Waals surface area contributed by atoms with Gasteiger partial charge in [-0.1, -0.05) is 18.2 Å². The number of benzene rings is 2. The Morgan fingerprint density at radius 2 is 1.74 bits per heavy atom. The molecule has 0 saturated carbocycles. The fourth-order valence-corrected chi connectivity index (χ4v) is 4.18. The van der Waals surface area contributed by atoms with Gasteiger partial charge in [0.05, 0.1) is 19.9 Å². The smallest absolute Gasteiger partial charge is 0.349 e. The number of ether oxygens (including phenoxy) is 2. The summed E-state index contributed by atoms with van der Waals surface area (Å²) in [6.45, 7) is 1.86.